The van der Waals surface area contributed by atoms with Gasteiger partial charge in [0.15, 0.2) is 0 Å². The van der Waals surface area contributed by atoms with E-state index in [-0.39, 0.29) is 0 Å². The Morgan fingerprint density at radius 1 is 1.17 bits per heavy atom. The summed E-state index contributed by atoms with van der Waals surface area (Å²) in [5.41, 5.74) is 6.61. The van der Waals surface area contributed by atoms with Crippen molar-refractivity contribution in [3.63, 3.8) is 0 Å². The smallest absolute Gasteiger partial charge is 0.0360 e. The summed E-state index contributed by atoms with van der Waals surface area (Å²) in [5.74, 6) is 0.786. The summed E-state index contributed by atoms with van der Waals surface area (Å²) in [7, 11) is 0. The molecular formula is C16H32N2. The van der Waals surface area contributed by atoms with Crippen molar-refractivity contribution >= 4 is 0 Å². The summed E-state index contributed by atoms with van der Waals surface area (Å²) in [6, 6.07) is 0.813. The molecule has 0 aromatic rings. The Hall–Kier alpha value is -0.0800. The maximum atomic E-state index is 6.28. The monoisotopic (exact) mass is 252 g/mol. The van der Waals surface area contributed by atoms with Gasteiger partial charge in [0.25, 0.3) is 0 Å². The topological polar surface area (TPSA) is 29.3 Å². The lowest BCUT2D eigenvalue weighted by Gasteiger charge is -2.55. The highest BCUT2D eigenvalue weighted by atomic mass is 15.2. The number of piperidine rings is 1. The van der Waals surface area contributed by atoms with E-state index in [9.17, 15) is 0 Å². The van der Waals surface area contributed by atoms with E-state index in [1.165, 1.54) is 64.3 Å². The van der Waals surface area contributed by atoms with E-state index in [1.54, 1.807) is 0 Å². The molecule has 1 aliphatic heterocycles. The molecule has 0 amide bonds. The van der Waals surface area contributed by atoms with Crippen LogP contribution >= 0.6 is 0 Å². The number of likely N-dealkylation sites (tertiary alicyclic amines) is 1. The summed E-state index contributed by atoms with van der Waals surface area (Å²) in [5, 5.41) is 0. The molecule has 106 valence electrons. The quantitative estimate of drug-likeness (QED) is 0.829. The van der Waals surface area contributed by atoms with Crippen LogP contribution in [0.5, 0.6) is 0 Å². The van der Waals surface area contributed by atoms with Crippen molar-refractivity contribution in [3.8, 4) is 0 Å². The second kappa shape index (κ2) is 6.38. The minimum absolute atomic E-state index is 0.332. The molecule has 2 rings (SSSR count). The van der Waals surface area contributed by atoms with Gasteiger partial charge in [-0.3, -0.25) is 4.90 Å². The molecule has 1 heterocycles. The minimum atomic E-state index is 0.332. The third-order valence-electron chi connectivity index (χ3n) is 5.59. The molecule has 0 spiro atoms. The van der Waals surface area contributed by atoms with Crippen molar-refractivity contribution in [1.29, 1.82) is 0 Å². The molecule has 0 bridgehead atoms. The van der Waals surface area contributed by atoms with Crippen molar-refractivity contribution in [2.45, 2.75) is 83.2 Å². The average Bonchev–Trinajstić information content (AvgIpc) is 2.41. The fraction of sp³-hybridized carbons (Fsp3) is 1.00. The maximum Gasteiger partial charge on any atom is 0.0360 e. The minimum Gasteiger partial charge on any atom is -0.329 e. The Bertz CT molecular complexity index is 251. The van der Waals surface area contributed by atoms with Crippen molar-refractivity contribution in [2.75, 3.05) is 13.1 Å². The number of hydrogen-bond acceptors (Lipinski definition) is 2. The van der Waals surface area contributed by atoms with Gasteiger partial charge < -0.3 is 5.73 Å². The van der Waals surface area contributed by atoms with Crippen molar-refractivity contribution in [3.05, 3.63) is 0 Å². The summed E-state index contributed by atoms with van der Waals surface area (Å²) in [6.07, 6.45) is 12.4. The first-order valence-electron chi connectivity index (χ1n) is 8.21. The van der Waals surface area contributed by atoms with Crippen LogP contribution in [-0.2, 0) is 0 Å². The lowest BCUT2D eigenvalue weighted by molar-refractivity contribution is -0.0379. The van der Waals surface area contributed by atoms with Crippen LogP contribution in [0.15, 0.2) is 0 Å². The lowest BCUT2D eigenvalue weighted by Crippen LogP contribution is -2.63. The summed E-state index contributed by atoms with van der Waals surface area (Å²) in [6.45, 7) is 6.94. The van der Waals surface area contributed by atoms with Crippen molar-refractivity contribution < 1.29 is 0 Å². The second-order valence-electron chi connectivity index (χ2n) is 6.59. The van der Waals surface area contributed by atoms with Gasteiger partial charge in [-0.15, -0.1) is 0 Å². The Morgan fingerprint density at radius 3 is 2.61 bits per heavy atom. The maximum absolute atomic E-state index is 6.28. The molecule has 2 heteroatoms. The molecule has 2 aliphatic rings. The normalized spacial score (nSPS) is 38.8. The molecule has 3 atom stereocenters. The zero-order chi connectivity index (χ0) is 13.0. The van der Waals surface area contributed by atoms with E-state index in [4.69, 9.17) is 5.73 Å². The molecule has 2 nitrogen and oxygen atoms in total. The highest BCUT2D eigenvalue weighted by Gasteiger charge is 2.44. The lowest BCUT2D eigenvalue weighted by atomic mass is 9.70. The standard InChI is InChI=1S/C16H32N2/c1-3-8-15-10-5-7-12-18(15)16(13-17)11-6-4-9-14(16)2/h14-15H,3-13,17H2,1-2H3. The van der Waals surface area contributed by atoms with Gasteiger partial charge in [0.2, 0.25) is 0 Å². The van der Waals surface area contributed by atoms with Gasteiger partial charge in [-0.05, 0) is 44.6 Å². The number of hydrogen-bond donors (Lipinski definition) is 1. The SMILES string of the molecule is CCCC1CCCCN1C1(CN)CCCCC1C. The summed E-state index contributed by atoms with van der Waals surface area (Å²) >= 11 is 0. The van der Waals surface area contributed by atoms with Gasteiger partial charge in [0.05, 0.1) is 0 Å². The van der Waals surface area contributed by atoms with Gasteiger partial charge in [-0.25, -0.2) is 0 Å². The van der Waals surface area contributed by atoms with Gasteiger partial charge >= 0.3 is 0 Å². The van der Waals surface area contributed by atoms with E-state index in [1.807, 2.05) is 0 Å². The highest BCUT2D eigenvalue weighted by Crippen LogP contribution is 2.41. The zero-order valence-corrected chi connectivity index (χ0v) is 12.5. The van der Waals surface area contributed by atoms with E-state index < -0.39 is 0 Å². The van der Waals surface area contributed by atoms with Crippen LogP contribution < -0.4 is 5.73 Å². The third-order valence-corrected chi connectivity index (χ3v) is 5.59. The largest absolute Gasteiger partial charge is 0.329 e. The second-order valence-corrected chi connectivity index (χ2v) is 6.59. The fourth-order valence-electron chi connectivity index (χ4n) is 4.46. The number of rotatable bonds is 4. The molecule has 18 heavy (non-hydrogen) atoms. The fourth-order valence-corrected chi connectivity index (χ4v) is 4.46. The zero-order valence-electron chi connectivity index (χ0n) is 12.5. The van der Waals surface area contributed by atoms with E-state index in [0.29, 0.717) is 5.54 Å². The third kappa shape index (κ3) is 2.60. The predicted octanol–water partition coefficient (Wildman–Crippen LogP) is 3.55. The first-order chi connectivity index (χ1) is 8.74. The van der Waals surface area contributed by atoms with Crippen LogP contribution in [0.2, 0.25) is 0 Å². The summed E-state index contributed by atoms with van der Waals surface area (Å²) in [4.78, 5) is 2.85. The first kappa shape index (κ1) is 14.3. The molecule has 2 fully saturated rings. The molecule has 3 unspecified atom stereocenters. The molecule has 1 saturated heterocycles. The highest BCUT2D eigenvalue weighted by molar-refractivity contribution is 5.01. The molecule has 1 saturated carbocycles. The summed E-state index contributed by atoms with van der Waals surface area (Å²) < 4.78 is 0. The van der Waals surface area contributed by atoms with Gasteiger partial charge in [-0.2, -0.15) is 0 Å². The van der Waals surface area contributed by atoms with Crippen molar-refractivity contribution in [2.24, 2.45) is 11.7 Å². The van der Waals surface area contributed by atoms with E-state index >= 15 is 0 Å². The number of nitrogens with two attached hydrogens (primary N) is 1. The molecule has 0 aromatic carbocycles. The van der Waals surface area contributed by atoms with Crippen LogP contribution in [0.3, 0.4) is 0 Å². The molecule has 2 N–H and O–H groups in total. The van der Waals surface area contributed by atoms with Gasteiger partial charge in [0.1, 0.15) is 0 Å². The molecule has 0 aromatic heterocycles. The van der Waals surface area contributed by atoms with E-state index in [2.05, 4.69) is 18.7 Å². The molecule has 1 aliphatic carbocycles. The first-order valence-corrected chi connectivity index (χ1v) is 8.21. The Kier molecular flexibility index (Phi) is 5.08. The van der Waals surface area contributed by atoms with Crippen LogP contribution in [-0.4, -0.2) is 29.6 Å². The predicted molar refractivity (Wildman–Crippen MR) is 78.7 cm³/mol. The van der Waals surface area contributed by atoms with Crippen LogP contribution in [0.1, 0.15) is 71.6 Å². The average molecular weight is 252 g/mol. The van der Waals surface area contributed by atoms with Gasteiger partial charge in [0, 0.05) is 18.1 Å². The van der Waals surface area contributed by atoms with Gasteiger partial charge in [-0.1, -0.05) is 39.5 Å². The molecule has 0 radical (unpaired) electrons. The Balaban J connectivity index is 2.17. The number of nitrogens with zero attached hydrogens (tertiary/aromatic N) is 1. The van der Waals surface area contributed by atoms with E-state index in [0.717, 1.165) is 18.5 Å². The molecular weight excluding hydrogens is 220 g/mol. The Labute approximate surface area is 113 Å². The van der Waals surface area contributed by atoms with Crippen LogP contribution in [0.4, 0.5) is 0 Å². The Morgan fingerprint density at radius 2 is 1.94 bits per heavy atom. The van der Waals surface area contributed by atoms with Crippen LogP contribution in [0.25, 0.3) is 0 Å². The van der Waals surface area contributed by atoms with Crippen LogP contribution in [0, 0.1) is 5.92 Å². The van der Waals surface area contributed by atoms with Crippen molar-refractivity contribution in [1.82, 2.24) is 4.90 Å².